The van der Waals surface area contributed by atoms with E-state index in [0.29, 0.717) is 18.5 Å². The van der Waals surface area contributed by atoms with Gasteiger partial charge in [0.1, 0.15) is 0 Å². The Morgan fingerprint density at radius 3 is 2.67 bits per heavy atom. The molecule has 0 spiro atoms. The maximum atomic E-state index is 5.85. The van der Waals surface area contributed by atoms with Gasteiger partial charge in [-0.1, -0.05) is 0 Å². The number of morpholine rings is 1. The molecule has 0 atom stereocenters. The Balaban J connectivity index is 1.73. The molecule has 7 heteroatoms. The van der Waals surface area contributed by atoms with Crippen molar-refractivity contribution >= 4 is 11.9 Å². The summed E-state index contributed by atoms with van der Waals surface area (Å²) in [5.41, 5.74) is 7.67. The van der Waals surface area contributed by atoms with Crippen molar-refractivity contribution in [2.75, 3.05) is 44.7 Å². The fourth-order valence-electron chi connectivity index (χ4n) is 2.25. The van der Waals surface area contributed by atoms with Gasteiger partial charge in [0.25, 0.3) is 0 Å². The van der Waals surface area contributed by atoms with E-state index in [4.69, 9.17) is 10.5 Å². The van der Waals surface area contributed by atoms with Gasteiger partial charge in [0.15, 0.2) is 5.96 Å². The lowest BCUT2D eigenvalue weighted by atomic mass is 10.3. The Morgan fingerprint density at radius 2 is 2.00 bits per heavy atom. The van der Waals surface area contributed by atoms with E-state index in [1.807, 2.05) is 19.9 Å². The van der Waals surface area contributed by atoms with Crippen molar-refractivity contribution in [3.63, 3.8) is 0 Å². The number of rotatable bonds is 5. The van der Waals surface area contributed by atoms with Crippen LogP contribution >= 0.6 is 0 Å². The number of hydrogen-bond acceptors (Lipinski definition) is 5. The molecule has 3 N–H and O–H groups in total. The number of anilines is 1. The average Bonchev–Trinajstić information content (AvgIpc) is 2.43. The number of nitrogens with one attached hydrogen (secondary N) is 1. The number of nitrogens with two attached hydrogens (primary N) is 1. The fourth-order valence-corrected chi connectivity index (χ4v) is 2.25. The van der Waals surface area contributed by atoms with Crippen molar-refractivity contribution in [1.29, 1.82) is 0 Å². The molecule has 0 radical (unpaired) electrons. The van der Waals surface area contributed by atoms with Gasteiger partial charge in [0.2, 0.25) is 5.95 Å². The van der Waals surface area contributed by atoms with E-state index in [1.165, 1.54) is 0 Å². The molecule has 1 saturated heterocycles. The minimum absolute atomic E-state index is 0.363. The van der Waals surface area contributed by atoms with E-state index in [0.717, 1.165) is 50.7 Å². The standard InChI is InChI=1S/C14H24N6O/c1-11-10-12(2)18-14(17-11)19-13(15)16-4-3-5-20-6-8-21-9-7-20/h10H,3-9H2,1-2H3,(H3,15,16,17,18,19). The van der Waals surface area contributed by atoms with Gasteiger partial charge in [-0.2, -0.15) is 0 Å². The van der Waals surface area contributed by atoms with Crippen molar-refractivity contribution < 1.29 is 4.74 Å². The van der Waals surface area contributed by atoms with Crippen molar-refractivity contribution in [3.8, 4) is 0 Å². The zero-order valence-electron chi connectivity index (χ0n) is 12.8. The van der Waals surface area contributed by atoms with Gasteiger partial charge < -0.3 is 10.5 Å². The number of aliphatic imine (C=N–C) groups is 1. The molecule has 0 saturated carbocycles. The first-order valence-electron chi connectivity index (χ1n) is 7.33. The number of nitrogens with zero attached hydrogens (tertiary/aromatic N) is 4. The van der Waals surface area contributed by atoms with Crippen LogP contribution in [-0.4, -0.2) is 60.2 Å². The Morgan fingerprint density at radius 1 is 1.33 bits per heavy atom. The first kappa shape index (κ1) is 15.7. The summed E-state index contributed by atoms with van der Waals surface area (Å²) in [5, 5.41) is 2.93. The highest BCUT2D eigenvalue weighted by molar-refractivity contribution is 5.90. The van der Waals surface area contributed by atoms with Crippen molar-refractivity contribution in [3.05, 3.63) is 17.5 Å². The summed E-state index contributed by atoms with van der Waals surface area (Å²) in [6.45, 7) is 9.25. The van der Waals surface area contributed by atoms with E-state index in [2.05, 4.69) is 25.2 Å². The number of ether oxygens (including phenoxy) is 1. The van der Waals surface area contributed by atoms with E-state index in [9.17, 15) is 0 Å². The molecule has 2 rings (SSSR count). The molecule has 0 aliphatic carbocycles. The molecule has 2 heterocycles. The van der Waals surface area contributed by atoms with Crippen LogP contribution in [0.4, 0.5) is 5.95 Å². The van der Waals surface area contributed by atoms with Crippen LogP contribution in [0.2, 0.25) is 0 Å². The normalized spacial score (nSPS) is 17.0. The van der Waals surface area contributed by atoms with Crippen LogP contribution in [0, 0.1) is 13.8 Å². The highest BCUT2D eigenvalue weighted by Crippen LogP contribution is 2.03. The summed E-state index contributed by atoms with van der Waals surface area (Å²) in [4.78, 5) is 15.2. The summed E-state index contributed by atoms with van der Waals surface area (Å²) < 4.78 is 5.32. The third-order valence-electron chi connectivity index (χ3n) is 3.24. The van der Waals surface area contributed by atoms with E-state index in [1.54, 1.807) is 0 Å². The molecular weight excluding hydrogens is 268 g/mol. The first-order chi connectivity index (χ1) is 10.1. The Hall–Kier alpha value is -1.73. The first-order valence-corrected chi connectivity index (χ1v) is 7.33. The molecule has 1 fully saturated rings. The second-order valence-corrected chi connectivity index (χ2v) is 5.17. The van der Waals surface area contributed by atoms with Crippen LogP contribution in [0.15, 0.2) is 11.1 Å². The Kier molecular flexibility index (Phi) is 5.89. The summed E-state index contributed by atoms with van der Waals surface area (Å²) >= 11 is 0. The van der Waals surface area contributed by atoms with Crippen LogP contribution < -0.4 is 11.1 Å². The van der Waals surface area contributed by atoms with E-state index in [-0.39, 0.29) is 0 Å². The van der Waals surface area contributed by atoms with Crippen molar-refractivity contribution in [2.45, 2.75) is 20.3 Å². The minimum atomic E-state index is 0.363. The SMILES string of the molecule is Cc1cc(C)nc(NC(N)=NCCCN2CCOCC2)n1. The van der Waals surface area contributed by atoms with Crippen molar-refractivity contribution in [2.24, 2.45) is 10.7 Å². The minimum Gasteiger partial charge on any atom is -0.379 e. The van der Waals surface area contributed by atoms with Crippen molar-refractivity contribution in [1.82, 2.24) is 14.9 Å². The average molecular weight is 292 g/mol. The molecule has 0 amide bonds. The largest absolute Gasteiger partial charge is 0.379 e. The summed E-state index contributed by atoms with van der Waals surface area (Å²) in [6.07, 6.45) is 0.982. The van der Waals surface area contributed by atoms with Gasteiger partial charge in [-0.3, -0.25) is 15.2 Å². The van der Waals surface area contributed by atoms with Gasteiger partial charge >= 0.3 is 0 Å². The van der Waals surface area contributed by atoms with Crippen LogP contribution in [0.5, 0.6) is 0 Å². The van der Waals surface area contributed by atoms with Crippen LogP contribution in [0.3, 0.4) is 0 Å². The maximum Gasteiger partial charge on any atom is 0.229 e. The number of hydrogen-bond donors (Lipinski definition) is 2. The molecule has 21 heavy (non-hydrogen) atoms. The summed E-state index contributed by atoms with van der Waals surface area (Å²) in [5.74, 6) is 0.865. The Labute approximate surface area is 125 Å². The maximum absolute atomic E-state index is 5.85. The molecule has 1 aromatic rings. The predicted molar refractivity (Wildman–Crippen MR) is 83.5 cm³/mol. The van der Waals surface area contributed by atoms with Gasteiger partial charge in [-0.25, -0.2) is 9.97 Å². The molecule has 0 aromatic carbocycles. The third-order valence-corrected chi connectivity index (χ3v) is 3.24. The number of aromatic nitrogens is 2. The summed E-state index contributed by atoms with van der Waals surface area (Å²) in [7, 11) is 0. The molecule has 1 aliphatic rings. The van der Waals surface area contributed by atoms with Gasteiger partial charge in [0.05, 0.1) is 13.2 Å². The molecule has 0 bridgehead atoms. The zero-order chi connectivity index (χ0) is 15.1. The van der Waals surface area contributed by atoms with E-state index >= 15 is 0 Å². The summed E-state index contributed by atoms with van der Waals surface area (Å²) in [6, 6.07) is 1.92. The number of aryl methyl sites for hydroxylation is 2. The Bertz CT molecular complexity index is 464. The lowest BCUT2D eigenvalue weighted by Crippen LogP contribution is -2.37. The molecule has 1 aromatic heterocycles. The highest BCUT2D eigenvalue weighted by atomic mass is 16.5. The molecule has 0 unspecified atom stereocenters. The van der Waals surface area contributed by atoms with Crippen LogP contribution in [0.1, 0.15) is 17.8 Å². The lowest BCUT2D eigenvalue weighted by molar-refractivity contribution is 0.0377. The van der Waals surface area contributed by atoms with Gasteiger partial charge in [-0.05, 0) is 26.3 Å². The molecular formula is C14H24N6O. The molecule has 1 aliphatic heterocycles. The third kappa shape index (κ3) is 5.65. The molecule has 7 nitrogen and oxygen atoms in total. The second kappa shape index (κ2) is 7.90. The van der Waals surface area contributed by atoms with E-state index < -0.39 is 0 Å². The van der Waals surface area contributed by atoms with Gasteiger partial charge in [0, 0.05) is 37.6 Å². The van der Waals surface area contributed by atoms with Gasteiger partial charge in [-0.15, -0.1) is 0 Å². The molecule has 116 valence electrons. The highest BCUT2D eigenvalue weighted by Gasteiger charge is 2.08. The second-order valence-electron chi connectivity index (χ2n) is 5.17. The zero-order valence-corrected chi connectivity index (χ0v) is 12.8. The predicted octanol–water partition coefficient (Wildman–Crippen LogP) is 0.542. The van der Waals surface area contributed by atoms with Crippen LogP contribution in [-0.2, 0) is 4.74 Å². The smallest absolute Gasteiger partial charge is 0.229 e. The lowest BCUT2D eigenvalue weighted by Gasteiger charge is -2.26. The topological polar surface area (TPSA) is 88.7 Å². The quantitative estimate of drug-likeness (QED) is 0.468. The van der Waals surface area contributed by atoms with Crippen LogP contribution in [0.25, 0.3) is 0 Å². The fraction of sp³-hybridized carbons (Fsp3) is 0.643. The number of guanidine groups is 1. The monoisotopic (exact) mass is 292 g/mol.